The average Bonchev–Trinajstić information content (AvgIpc) is 3.14. The number of anilines is 1. The zero-order valence-corrected chi connectivity index (χ0v) is 19.2. The number of likely N-dealkylation sites (N-methyl/N-ethyl adjacent to an activating group) is 1. The summed E-state index contributed by atoms with van der Waals surface area (Å²) in [6.07, 6.45) is 0.853. The molecule has 0 fully saturated rings. The van der Waals surface area contributed by atoms with Crippen LogP contribution in [0.3, 0.4) is 0 Å². The van der Waals surface area contributed by atoms with Crippen molar-refractivity contribution in [2.75, 3.05) is 12.4 Å². The van der Waals surface area contributed by atoms with E-state index in [1.54, 1.807) is 6.07 Å². The molecule has 7 nitrogen and oxygen atoms in total. The van der Waals surface area contributed by atoms with Crippen LogP contribution in [0.1, 0.15) is 39.8 Å². The zero-order valence-electron chi connectivity index (χ0n) is 19.2. The van der Waals surface area contributed by atoms with E-state index in [0.717, 1.165) is 46.6 Å². The van der Waals surface area contributed by atoms with E-state index < -0.39 is 5.91 Å². The fourth-order valence-corrected chi connectivity index (χ4v) is 4.56. The molecule has 2 aromatic heterocycles. The number of aryl methyl sites for hydroxylation is 1. The first-order valence-electron chi connectivity index (χ1n) is 11.2. The summed E-state index contributed by atoms with van der Waals surface area (Å²) in [6, 6.07) is 18.3. The Morgan fingerprint density at radius 2 is 1.94 bits per heavy atom. The molecule has 0 saturated heterocycles. The molecular formula is C26H28N6O. The first-order valence-corrected chi connectivity index (χ1v) is 11.2. The van der Waals surface area contributed by atoms with Gasteiger partial charge in [-0.05, 0) is 44.7 Å². The maximum absolute atomic E-state index is 12.0. The van der Waals surface area contributed by atoms with Gasteiger partial charge in [0.25, 0.3) is 0 Å². The first kappa shape index (κ1) is 21.2. The highest BCUT2D eigenvalue weighted by Gasteiger charge is 2.26. The molecule has 33 heavy (non-hydrogen) atoms. The van der Waals surface area contributed by atoms with Crippen LogP contribution >= 0.6 is 0 Å². The summed E-state index contributed by atoms with van der Waals surface area (Å²) in [7, 11) is 2.14. The lowest BCUT2D eigenvalue weighted by molar-refractivity contribution is 0.100. The van der Waals surface area contributed by atoms with Crippen LogP contribution < -0.4 is 11.1 Å². The van der Waals surface area contributed by atoms with E-state index in [9.17, 15) is 4.79 Å². The van der Waals surface area contributed by atoms with Crippen molar-refractivity contribution >= 4 is 22.6 Å². The summed E-state index contributed by atoms with van der Waals surface area (Å²) < 4.78 is 2.01. The Hall–Kier alpha value is -3.71. The van der Waals surface area contributed by atoms with Gasteiger partial charge in [-0.1, -0.05) is 36.4 Å². The second kappa shape index (κ2) is 8.33. The molecule has 1 unspecified atom stereocenters. The maximum Gasteiger partial charge on any atom is 0.249 e. The number of benzene rings is 2. The molecule has 3 heterocycles. The van der Waals surface area contributed by atoms with E-state index in [4.69, 9.17) is 15.7 Å². The van der Waals surface area contributed by atoms with Crippen molar-refractivity contribution in [3.05, 3.63) is 82.7 Å². The normalized spacial score (nSPS) is 16.0. The highest BCUT2D eigenvalue weighted by atomic mass is 16.1. The Morgan fingerprint density at radius 3 is 2.70 bits per heavy atom. The number of nitrogens with two attached hydrogens (primary N) is 1. The van der Waals surface area contributed by atoms with Gasteiger partial charge in [-0.15, -0.1) is 0 Å². The first-order chi connectivity index (χ1) is 15.9. The predicted molar refractivity (Wildman–Crippen MR) is 131 cm³/mol. The molecule has 0 spiro atoms. The van der Waals surface area contributed by atoms with Crippen LogP contribution in [-0.2, 0) is 19.5 Å². The molecule has 3 N–H and O–H groups in total. The molecular weight excluding hydrogens is 412 g/mol. The quantitative estimate of drug-likeness (QED) is 0.493. The van der Waals surface area contributed by atoms with Gasteiger partial charge in [0.2, 0.25) is 11.9 Å². The number of carbonyl (C=O) groups is 1. The van der Waals surface area contributed by atoms with Crippen LogP contribution in [0.25, 0.3) is 16.9 Å². The van der Waals surface area contributed by atoms with Crippen molar-refractivity contribution in [3.8, 4) is 5.95 Å². The lowest BCUT2D eigenvalue weighted by atomic mass is 10.0. The van der Waals surface area contributed by atoms with Crippen molar-refractivity contribution in [1.29, 1.82) is 0 Å². The summed E-state index contributed by atoms with van der Waals surface area (Å²) in [5.41, 5.74) is 11.3. The molecule has 4 aromatic rings. The highest BCUT2D eigenvalue weighted by molar-refractivity contribution is 6.06. The van der Waals surface area contributed by atoms with Gasteiger partial charge in [-0.2, -0.15) is 4.98 Å². The summed E-state index contributed by atoms with van der Waals surface area (Å²) >= 11 is 0. The monoisotopic (exact) mass is 440 g/mol. The number of carbonyl (C=O) groups excluding carboxylic acids is 1. The van der Waals surface area contributed by atoms with Crippen LogP contribution in [0, 0.1) is 6.92 Å². The van der Waals surface area contributed by atoms with Gasteiger partial charge in [0.15, 0.2) is 0 Å². The molecule has 1 amide bonds. The molecule has 1 aliphatic rings. The van der Waals surface area contributed by atoms with Crippen molar-refractivity contribution < 1.29 is 4.79 Å². The number of hydrogen-bond donors (Lipinski definition) is 2. The molecule has 0 bridgehead atoms. The number of amides is 1. The number of nitrogens with zero attached hydrogens (tertiary/aromatic N) is 4. The van der Waals surface area contributed by atoms with E-state index in [1.165, 1.54) is 5.56 Å². The third-order valence-corrected chi connectivity index (χ3v) is 6.53. The van der Waals surface area contributed by atoms with E-state index in [2.05, 4.69) is 36.3 Å². The number of rotatable bonds is 5. The van der Waals surface area contributed by atoms with Crippen LogP contribution in [0.15, 0.2) is 54.6 Å². The Kier molecular flexibility index (Phi) is 5.34. The van der Waals surface area contributed by atoms with E-state index in [1.807, 2.05) is 47.9 Å². The van der Waals surface area contributed by atoms with Crippen LogP contribution in [0.4, 0.5) is 5.82 Å². The Balaban J connectivity index is 1.64. The molecule has 0 saturated carbocycles. The minimum Gasteiger partial charge on any atom is -0.366 e. The minimum atomic E-state index is -0.439. The van der Waals surface area contributed by atoms with E-state index >= 15 is 0 Å². The molecule has 168 valence electrons. The fraction of sp³-hybridized carbons (Fsp3) is 0.269. The van der Waals surface area contributed by atoms with Crippen LogP contribution in [0.5, 0.6) is 0 Å². The lowest BCUT2D eigenvalue weighted by Gasteiger charge is -2.32. The minimum absolute atomic E-state index is 0.395. The molecule has 0 radical (unpaired) electrons. The number of nitrogens with one attached hydrogen (secondary N) is 1. The fourth-order valence-electron chi connectivity index (χ4n) is 4.56. The largest absolute Gasteiger partial charge is 0.366 e. The van der Waals surface area contributed by atoms with Gasteiger partial charge in [-0.3, -0.25) is 14.3 Å². The number of fused-ring (bicyclic) bond motifs is 2. The maximum atomic E-state index is 12.0. The van der Waals surface area contributed by atoms with Crippen molar-refractivity contribution in [3.63, 3.8) is 0 Å². The average molecular weight is 441 g/mol. The van der Waals surface area contributed by atoms with Gasteiger partial charge in [-0.25, -0.2) is 4.98 Å². The summed E-state index contributed by atoms with van der Waals surface area (Å²) in [4.78, 5) is 24.3. The molecule has 0 aliphatic carbocycles. The van der Waals surface area contributed by atoms with Gasteiger partial charge in [0.05, 0.1) is 11.2 Å². The SMILES string of the molecule is Cc1cc2c(C(N)=O)cccc2n1-c1nc2c(c(NCc3ccccc3)n1)CN(C)C(C)C2. The van der Waals surface area contributed by atoms with E-state index in [-0.39, 0.29) is 0 Å². The van der Waals surface area contributed by atoms with E-state index in [0.29, 0.717) is 24.1 Å². The Bertz CT molecular complexity index is 1340. The van der Waals surface area contributed by atoms with Gasteiger partial charge >= 0.3 is 0 Å². The second-order valence-corrected chi connectivity index (χ2v) is 8.83. The second-order valence-electron chi connectivity index (χ2n) is 8.83. The highest BCUT2D eigenvalue weighted by Crippen LogP contribution is 2.30. The zero-order chi connectivity index (χ0) is 23.1. The standard InChI is InChI=1S/C26H28N6O/c1-16-13-22-21(15-31(16)3)25(28-14-18-8-5-4-6-9-18)30-26(29-22)32-17(2)12-20-19(24(27)33)10-7-11-23(20)32/h4-12,16H,13-15H2,1-3H3,(H2,27,33)(H,28,29,30). The summed E-state index contributed by atoms with van der Waals surface area (Å²) in [6.45, 7) is 5.70. The molecule has 1 aliphatic heterocycles. The van der Waals surface area contributed by atoms with Crippen molar-refractivity contribution in [2.24, 2.45) is 5.73 Å². The Morgan fingerprint density at radius 1 is 1.15 bits per heavy atom. The Labute approximate surface area is 193 Å². The van der Waals surface area contributed by atoms with Crippen molar-refractivity contribution in [2.45, 2.75) is 39.4 Å². The van der Waals surface area contributed by atoms with Gasteiger partial charge in [0.1, 0.15) is 5.82 Å². The molecule has 7 heteroatoms. The number of primary amides is 1. The number of aromatic nitrogens is 3. The van der Waals surface area contributed by atoms with Crippen molar-refractivity contribution in [1.82, 2.24) is 19.4 Å². The summed E-state index contributed by atoms with van der Waals surface area (Å²) in [5, 5.41) is 4.37. The lowest BCUT2D eigenvalue weighted by Crippen LogP contribution is -2.36. The van der Waals surface area contributed by atoms with Crippen LogP contribution in [0.2, 0.25) is 0 Å². The smallest absolute Gasteiger partial charge is 0.249 e. The van der Waals surface area contributed by atoms with Gasteiger partial charge in [0, 0.05) is 47.8 Å². The molecule has 1 atom stereocenters. The molecule has 5 rings (SSSR count). The number of hydrogen-bond acceptors (Lipinski definition) is 5. The van der Waals surface area contributed by atoms with Gasteiger partial charge < -0.3 is 11.1 Å². The third-order valence-electron chi connectivity index (χ3n) is 6.53. The third kappa shape index (κ3) is 3.85. The van der Waals surface area contributed by atoms with Crippen LogP contribution in [-0.4, -0.2) is 38.4 Å². The summed E-state index contributed by atoms with van der Waals surface area (Å²) in [5.74, 6) is 1.02. The topological polar surface area (TPSA) is 89.1 Å². The predicted octanol–water partition coefficient (Wildman–Crippen LogP) is 3.82. The molecule has 2 aromatic carbocycles.